The molecule has 0 aromatic rings. The van der Waals surface area contributed by atoms with Gasteiger partial charge in [-0.25, -0.2) is 10.7 Å². The molecule has 2 aliphatic heterocycles. The first-order chi connectivity index (χ1) is 8.99. The number of hydrogen-bond acceptors (Lipinski definition) is 6. The molecule has 0 spiro atoms. The van der Waals surface area contributed by atoms with Crippen molar-refractivity contribution in [3.8, 4) is 0 Å². The van der Waals surface area contributed by atoms with Gasteiger partial charge in [0, 0.05) is 0 Å². The molecular formula is C11H16N2O6. The highest BCUT2D eigenvalue weighted by Gasteiger charge is 2.56. The Labute approximate surface area is 109 Å². The van der Waals surface area contributed by atoms with Gasteiger partial charge in [-0.3, -0.25) is 9.63 Å². The molecule has 1 amide bonds. The van der Waals surface area contributed by atoms with Crippen LogP contribution in [0.3, 0.4) is 0 Å². The molecule has 1 fully saturated rings. The number of rotatable bonds is 6. The lowest BCUT2D eigenvalue weighted by molar-refractivity contribution is -0.161. The van der Waals surface area contributed by atoms with Crippen LogP contribution in [0.25, 0.3) is 0 Å². The number of ether oxygens (including phenoxy) is 1. The van der Waals surface area contributed by atoms with Gasteiger partial charge in [-0.1, -0.05) is 0 Å². The number of carboxylic acids is 1. The molecule has 0 radical (unpaired) electrons. The topological polar surface area (TPSA) is 122 Å². The van der Waals surface area contributed by atoms with Crippen LogP contribution in [0.5, 0.6) is 0 Å². The third kappa shape index (κ3) is 2.23. The van der Waals surface area contributed by atoms with E-state index in [-0.39, 0.29) is 31.0 Å². The highest BCUT2D eigenvalue weighted by Crippen LogP contribution is 2.43. The van der Waals surface area contributed by atoms with Gasteiger partial charge in [0.05, 0.1) is 24.7 Å². The SMILES string of the molecule is CC(O)C1C(=O)N2C(C(=O)O)=C(COCON)CC12. The highest BCUT2D eigenvalue weighted by atomic mass is 16.7. The number of aliphatic hydroxyl groups is 1. The van der Waals surface area contributed by atoms with Crippen LogP contribution in [0.1, 0.15) is 13.3 Å². The van der Waals surface area contributed by atoms with E-state index < -0.39 is 18.0 Å². The molecule has 0 aromatic carbocycles. The highest BCUT2D eigenvalue weighted by molar-refractivity contribution is 5.99. The van der Waals surface area contributed by atoms with Gasteiger partial charge in [-0.05, 0) is 18.9 Å². The van der Waals surface area contributed by atoms with Crippen LogP contribution in [-0.2, 0) is 19.2 Å². The largest absolute Gasteiger partial charge is 0.477 e. The summed E-state index contributed by atoms with van der Waals surface area (Å²) in [7, 11) is 0. The Morgan fingerprint density at radius 2 is 2.32 bits per heavy atom. The molecule has 3 atom stereocenters. The van der Waals surface area contributed by atoms with Gasteiger partial charge in [0.1, 0.15) is 5.70 Å². The van der Waals surface area contributed by atoms with Crippen molar-refractivity contribution >= 4 is 11.9 Å². The van der Waals surface area contributed by atoms with Gasteiger partial charge in [-0.15, -0.1) is 0 Å². The van der Waals surface area contributed by atoms with Gasteiger partial charge in [-0.2, -0.15) is 0 Å². The fourth-order valence-electron chi connectivity index (χ4n) is 2.70. The molecule has 0 saturated carbocycles. The van der Waals surface area contributed by atoms with Gasteiger partial charge in [0.15, 0.2) is 6.79 Å². The number of aliphatic hydroxyl groups excluding tert-OH is 1. The minimum Gasteiger partial charge on any atom is -0.477 e. The number of carboxylic acid groups (broad SMARTS) is 1. The minimum absolute atomic E-state index is 0.0334. The van der Waals surface area contributed by atoms with Crippen molar-refractivity contribution in [2.45, 2.75) is 25.5 Å². The minimum atomic E-state index is -1.17. The van der Waals surface area contributed by atoms with Gasteiger partial charge in [0.2, 0.25) is 5.91 Å². The Hall–Kier alpha value is -1.48. The van der Waals surface area contributed by atoms with Crippen LogP contribution >= 0.6 is 0 Å². The quantitative estimate of drug-likeness (QED) is 0.240. The maximum Gasteiger partial charge on any atom is 0.352 e. The fraction of sp³-hybridized carbons (Fsp3) is 0.636. The van der Waals surface area contributed by atoms with Crippen LogP contribution in [0.4, 0.5) is 0 Å². The zero-order valence-electron chi connectivity index (χ0n) is 10.4. The Kier molecular flexibility index (Phi) is 3.85. The lowest BCUT2D eigenvalue weighted by atomic mass is 9.83. The zero-order chi connectivity index (χ0) is 14.2. The number of amides is 1. The zero-order valence-corrected chi connectivity index (χ0v) is 10.4. The smallest absolute Gasteiger partial charge is 0.352 e. The summed E-state index contributed by atoms with van der Waals surface area (Å²) in [6.07, 6.45) is -0.413. The summed E-state index contributed by atoms with van der Waals surface area (Å²) in [5.74, 6) is 2.73. The summed E-state index contributed by atoms with van der Waals surface area (Å²) in [6.45, 7) is 1.40. The molecular weight excluding hydrogens is 256 g/mol. The molecule has 19 heavy (non-hydrogen) atoms. The number of aliphatic carboxylic acids is 1. The molecule has 8 nitrogen and oxygen atoms in total. The first-order valence-electron chi connectivity index (χ1n) is 5.85. The van der Waals surface area contributed by atoms with E-state index in [4.69, 9.17) is 10.6 Å². The summed E-state index contributed by atoms with van der Waals surface area (Å²) in [6, 6.07) is -0.295. The van der Waals surface area contributed by atoms with E-state index in [0.717, 1.165) is 0 Å². The van der Waals surface area contributed by atoms with Crippen LogP contribution in [-0.4, -0.2) is 52.5 Å². The van der Waals surface area contributed by atoms with Crippen LogP contribution < -0.4 is 5.90 Å². The van der Waals surface area contributed by atoms with E-state index >= 15 is 0 Å². The molecule has 3 unspecified atom stereocenters. The molecule has 2 aliphatic rings. The van der Waals surface area contributed by atoms with Crippen molar-refractivity contribution < 1.29 is 29.4 Å². The molecule has 1 saturated heterocycles. The first kappa shape index (κ1) is 13.9. The standard InChI is InChI=1S/C11H16N2O6/c1-5(14)8-7-2-6(3-18-4-19-12)9(11(16)17)13(7)10(8)15/h5,7-8,14H,2-4,12H2,1H3,(H,16,17). The average Bonchev–Trinajstić information content (AvgIpc) is 2.64. The maximum absolute atomic E-state index is 11.9. The number of carbonyl (C=O) groups is 2. The third-order valence-electron chi connectivity index (χ3n) is 3.45. The van der Waals surface area contributed by atoms with Gasteiger partial charge in [0.25, 0.3) is 0 Å². The Balaban J connectivity index is 2.14. The molecule has 8 heteroatoms. The summed E-state index contributed by atoms with van der Waals surface area (Å²) in [4.78, 5) is 28.5. The number of β-lactam (4-membered cyclic amide) rings is 1. The molecule has 0 bridgehead atoms. The summed E-state index contributed by atoms with van der Waals surface area (Å²) >= 11 is 0. The van der Waals surface area contributed by atoms with Crippen LogP contribution in [0.15, 0.2) is 11.3 Å². The van der Waals surface area contributed by atoms with Crippen molar-refractivity contribution in [2.75, 3.05) is 13.4 Å². The predicted octanol–water partition coefficient (Wildman–Crippen LogP) is -1.20. The first-order valence-corrected chi connectivity index (χ1v) is 5.85. The van der Waals surface area contributed by atoms with E-state index in [1.807, 2.05) is 0 Å². The Morgan fingerprint density at radius 1 is 1.63 bits per heavy atom. The molecule has 0 aliphatic carbocycles. The van der Waals surface area contributed by atoms with E-state index in [0.29, 0.717) is 12.0 Å². The average molecular weight is 272 g/mol. The fourth-order valence-corrected chi connectivity index (χ4v) is 2.70. The number of carbonyl (C=O) groups excluding carboxylic acids is 1. The number of nitrogens with two attached hydrogens (primary N) is 1. The predicted molar refractivity (Wildman–Crippen MR) is 61.2 cm³/mol. The number of nitrogens with zero attached hydrogens (tertiary/aromatic N) is 1. The summed E-state index contributed by atoms with van der Waals surface area (Å²) in [5, 5.41) is 18.7. The second-order valence-electron chi connectivity index (χ2n) is 4.64. The number of hydrogen-bond donors (Lipinski definition) is 3. The maximum atomic E-state index is 11.9. The van der Waals surface area contributed by atoms with Crippen molar-refractivity contribution in [1.29, 1.82) is 0 Å². The molecule has 4 N–H and O–H groups in total. The summed E-state index contributed by atoms with van der Waals surface area (Å²) in [5.41, 5.74) is 0.454. The molecule has 2 heterocycles. The number of fused-ring (bicyclic) bond motifs is 1. The van der Waals surface area contributed by atoms with Crippen LogP contribution in [0, 0.1) is 5.92 Å². The second-order valence-corrected chi connectivity index (χ2v) is 4.64. The second kappa shape index (κ2) is 5.25. The van der Waals surface area contributed by atoms with E-state index in [2.05, 4.69) is 4.84 Å². The van der Waals surface area contributed by atoms with Crippen molar-refractivity contribution in [1.82, 2.24) is 4.90 Å². The van der Waals surface area contributed by atoms with Gasteiger partial charge >= 0.3 is 5.97 Å². The summed E-state index contributed by atoms with van der Waals surface area (Å²) < 4.78 is 5.03. The van der Waals surface area contributed by atoms with E-state index in [9.17, 15) is 19.8 Å². The van der Waals surface area contributed by atoms with E-state index in [1.165, 1.54) is 11.8 Å². The van der Waals surface area contributed by atoms with Crippen molar-refractivity contribution in [3.05, 3.63) is 11.3 Å². The normalized spacial score (nSPS) is 27.3. The van der Waals surface area contributed by atoms with Crippen molar-refractivity contribution in [3.63, 3.8) is 0 Å². The lowest BCUT2D eigenvalue weighted by Crippen LogP contribution is -2.61. The Bertz CT molecular complexity index is 433. The third-order valence-corrected chi connectivity index (χ3v) is 3.45. The van der Waals surface area contributed by atoms with Gasteiger partial charge < -0.3 is 19.8 Å². The Morgan fingerprint density at radius 3 is 2.84 bits per heavy atom. The monoisotopic (exact) mass is 272 g/mol. The van der Waals surface area contributed by atoms with Crippen molar-refractivity contribution in [2.24, 2.45) is 11.8 Å². The molecule has 0 aromatic heterocycles. The lowest BCUT2D eigenvalue weighted by Gasteiger charge is -2.44. The van der Waals surface area contributed by atoms with E-state index in [1.54, 1.807) is 0 Å². The molecule has 106 valence electrons. The molecule has 2 rings (SSSR count). The van der Waals surface area contributed by atoms with Crippen LogP contribution in [0.2, 0.25) is 0 Å².